The molecule has 0 radical (unpaired) electrons. The number of nitrogens with zero attached hydrogens (tertiary/aromatic N) is 1. The highest BCUT2D eigenvalue weighted by Crippen LogP contribution is 2.39. The van der Waals surface area contributed by atoms with Crippen molar-refractivity contribution in [1.82, 2.24) is 10.2 Å². The molecule has 7 aromatic rings. The summed E-state index contributed by atoms with van der Waals surface area (Å²) < 4.78 is 47.1. The van der Waals surface area contributed by atoms with Crippen LogP contribution in [-0.4, -0.2) is 80.4 Å². The summed E-state index contributed by atoms with van der Waals surface area (Å²) in [6, 6.07) is 65.7. The van der Waals surface area contributed by atoms with E-state index in [1.54, 1.807) is 48.5 Å². The fourth-order valence-corrected chi connectivity index (χ4v) is 14.3. The molecule has 8 rings (SSSR count). The lowest BCUT2D eigenvalue weighted by Gasteiger charge is -2.50. The molecule has 3 unspecified atom stereocenters. The molecule has 1 N–H and O–H groups in total. The van der Waals surface area contributed by atoms with Crippen molar-refractivity contribution in [1.29, 1.82) is 0 Å². The predicted molar refractivity (Wildman–Crippen MR) is 299 cm³/mol. The van der Waals surface area contributed by atoms with E-state index in [2.05, 4.69) is 50.4 Å². The Morgan fingerprint density at radius 2 is 0.885 bits per heavy atom. The van der Waals surface area contributed by atoms with E-state index >= 15 is 4.79 Å². The Balaban J connectivity index is 1.21. The minimum Gasteiger partial charge on any atom is -0.459 e. The molecule has 404 valence electrons. The van der Waals surface area contributed by atoms with Gasteiger partial charge in [-0.05, 0) is 43.2 Å². The summed E-state index contributed by atoms with van der Waals surface area (Å²) in [6.45, 7) is 7.68. The zero-order chi connectivity index (χ0) is 54.7. The van der Waals surface area contributed by atoms with Crippen molar-refractivity contribution in [2.75, 3.05) is 6.61 Å². The largest absolute Gasteiger partial charge is 0.459 e. The van der Waals surface area contributed by atoms with Gasteiger partial charge in [0.05, 0.1) is 32.8 Å². The van der Waals surface area contributed by atoms with E-state index in [9.17, 15) is 14.4 Å². The van der Waals surface area contributed by atoms with Crippen LogP contribution in [0.4, 0.5) is 4.79 Å². The third-order valence-electron chi connectivity index (χ3n) is 13.6. The van der Waals surface area contributed by atoms with Crippen molar-refractivity contribution in [3.63, 3.8) is 0 Å². The third-order valence-corrected chi connectivity index (χ3v) is 18.6. The smallest absolute Gasteiger partial charge is 0.408 e. The first-order valence-corrected chi connectivity index (χ1v) is 28.2. The summed E-state index contributed by atoms with van der Waals surface area (Å²) in [5, 5.41) is 4.16. The van der Waals surface area contributed by atoms with Crippen LogP contribution < -0.4 is 15.7 Å². The zero-order valence-corrected chi connectivity index (χ0v) is 45.6. The molecule has 0 bridgehead atoms. The number of carbonyl (C=O) groups excluding carboxylic acids is 4. The van der Waals surface area contributed by atoms with E-state index in [-0.39, 0.29) is 39.6 Å². The monoisotopic (exact) mass is 1070 g/mol. The number of hydrogen-bond acceptors (Lipinski definition) is 11. The molecule has 1 aliphatic rings. The van der Waals surface area contributed by atoms with E-state index in [0.717, 1.165) is 32.0 Å². The highest BCUT2D eigenvalue weighted by Gasteiger charge is 2.55. The Morgan fingerprint density at radius 1 is 0.513 bits per heavy atom. The number of esters is 1. The van der Waals surface area contributed by atoms with E-state index in [1.165, 1.54) is 6.92 Å². The van der Waals surface area contributed by atoms with Gasteiger partial charge in [0.25, 0.3) is 8.32 Å². The molecule has 14 heteroatoms. The minimum absolute atomic E-state index is 0.0222. The van der Waals surface area contributed by atoms with Crippen LogP contribution in [0.2, 0.25) is 5.04 Å². The number of imide groups is 1. The molecule has 0 aliphatic carbocycles. The maximum Gasteiger partial charge on any atom is 0.408 e. The van der Waals surface area contributed by atoms with Crippen molar-refractivity contribution >= 4 is 42.6 Å². The van der Waals surface area contributed by atoms with Crippen LogP contribution in [0.1, 0.15) is 61.9 Å². The number of alkyl carbamates (subject to hydrolysis) is 1. The highest BCUT2D eigenvalue weighted by atomic mass is 28.4. The summed E-state index contributed by atoms with van der Waals surface area (Å²) in [5.74, 6) is -2.52. The third kappa shape index (κ3) is 14.9. The first-order chi connectivity index (χ1) is 37.9. The van der Waals surface area contributed by atoms with Gasteiger partial charge in [0.15, 0.2) is 6.23 Å². The summed E-state index contributed by atoms with van der Waals surface area (Å²) in [5.41, 5.74) is 3.92. The topological polar surface area (TPSA) is 148 Å². The zero-order valence-electron chi connectivity index (χ0n) is 44.6. The molecule has 1 heterocycles. The SMILES string of the molecule is CC(=O)N(C(=O)C[C@H](NC(=O)OCc1ccccc1)C(=O)OCc1ccccc1)[C@H]1OC(CO[Si](c2ccccc2)(c2ccccc2)C(C)(C)C)[C@@H](OCc2ccccc2)C(OCc2ccccc2)C1OCc1ccccc1. The fraction of sp³-hybridized carbons (Fsp3) is 0.281. The summed E-state index contributed by atoms with van der Waals surface area (Å²) in [4.78, 5) is 58.5. The maximum absolute atomic E-state index is 15.3. The molecule has 0 aromatic heterocycles. The predicted octanol–water partition coefficient (Wildman–Crippen LogP) is 9.85. The fourth-order valence-electron chi connectivity index (χ4n) is 9.77. The van der Waals surface area contributed by atoms with Crippen LogP contribution in [0.25, 0.3) is 0 Å². The van der Waals surface area contributed by atoms with Gasteiger partial charge in [-0.25, -0.2) is 9.59 Å². The number of ether oxygens (including phenoxy) is 6. The summed E-state index contributed by atoms with van der Waals surface area (Å²) in [7, 11) is -3.28. The number of amides is 3. The highest BCUT2D eigenvalue weighted by molar-refractivity contribution is 6.99. The van der Waals surface area contributed by atoms with Crippen LogP contribution in [0.5, 0.6) is 0 Å². The molecule has 1 saturated heterocycles. The average molecular weight is 1070 g/mol. The molecule has 1 fully saturated rings. The van der Waals surface area contributed by atoms with Gasteiger partial charge in [-0.3, -0.25) is 14.5 Å². The first kappa shape index (κ1) is 56.6. The van der Waals surface area contributed by atoms with Gasteiger partial charge in [0.2, 0.25) is 11.8 Å². The van der Waals surface area contributed by atoms with Crippen LogP contribution >= 0.6 is 0 Å². The number of hydrogen-bond donors (Lipinski definition) is 1. The normalized spacial score (nSPS) is 17.8. The molecule has 7 aromatic carbocycles. The lowest BCUT2D eigenvalue weighted by Crippen LogP contribution is -2.70. The molecular weight excluding hydrogens is 1000 g/mol. The number of rotatable bonds is 23. The van der Waals surface area contributed by atoms with Gasteiger partial charge in [0, 0.05) is 6.92 Å². The van der Waals surface area contributed by atoms with Crippen molar-refractivity contribution in [3.05, 3.63) is 240 Å². The Morgan fingerprint density at radius 3 is 1.29 bits per heavy atom. The van der Waals surface area contributed by atoms with Gasteiger partial charge < -0.3 is 38.2 Å². The Kier molecular flexibility index (Phi) is 20.1. The number of nitrogens with one attached hydrogen (secondary N) is 1. The maximum atomic E-state index is 15.3. The first-order valence-electron chi connectivity index (χ1n) is 26.3. The van der Waals surface area contributed by atoms with Crippen LogP contribution in [0, 0.1) is 0 Å². The van der Waals surface area contributed by atoms with Gasteiger partial charge in [0.1, 0.15) is 43.7 Å². The van der Waals surface area contributed by atoms with Gasteiger partial charge in [-0.2, -0.15) is 0 Å². The summed E-state index contributed by atoms with van der Waals surface area (Å²) in [6.07, 6.45) is -7.41. The standard InChI is InChI=1S/C64H68N2O11Si/c1-47(67)66(57(68)40-55(62(69)74-44-51-32-18-8-19-33-51)65-63(70)75-45-52-34-20-9-21-35-52)61-60(73-43-50-30-16-7-17-31-50)59(72-42-49-28-14-6-15-29-49)58(71-41-48-26-12-5-13-27-48)56(77-61)46-76-78(64(2,3)4,53-36-22-10-23-37-53)54-38-24-11-25-39-54/h5-39,55-56,58-61H,40-46H2,1-4H3,(H,65,70)/t55-,56?,58+,59?,60?,61-/m0/s1. The Labute approximate surface area is 458 Å². The van der Waals surface area contributed by atoms with E-state index < -0.39 is 80.3 Å². The quantitative estimate of drug-likeness (QED) is 0.0482. The van der Waals surface area contributed by atoms with Gasteiger partial charge >= 0.3 is 12.1 Å². The molecule has 0 saturated carbocycles. The Bertz CT molecular complexity index is 2920. The van der Waals surface area contributed by atoms with Gasteiger partial charge in [-0.1, -0.05) is 233 Å². The lowest BCUT2D eigenvalue weighted by atomic mass is 9.96. The van der Waals surface area contributed by atoms with Crippen molar-refractivity contribution in [2.24, 2.45) is 0 Å². The van der Waals surface area contributed by atoms with Crippen molar-refractivity contribution in [3.8, 4) is 0 Å². The molecular formula is C64H68N2O11Si. The summed E-state index contributed by atoms with van der Waals surface area (Å²) >= 11 is 0. The molecule has 6 atom stereocenters. The number of benzene rings is 7. The van der Waals surface area contributed by atoms with Crippen LogP contribution in [0.3, 0.4) is 0 Å². The molecule has 3 amide bonds. The van der Waals surface area contributed by atoms with E-state index in [0.29, 0.717) is 11.1 Å². The lowest BCUT2D eigenvalue weighted by molar-refractivity contribution is -0.291. The molecule has 1 aliphatic heterocycles. The van der Waals surface area contributed by atoms with Gasteiger partial charge in [-0.15, -0.1) is 0 Å². The van der Waals surface area contributed by atoms with Crippen molar-refractivity contribution < 1.29 is 52.0 Å². The number of carbonyl (C=O) groups is 4. The Hall–Kier alpha value is -7.56. The van der Waals surface area contributed by atoms with Crippen molar-refractivity contribution in [2.45, 2.75) is 109 Å². The second-order valence-corrected chi connectivity index (χ2v) is 24.5. The molecule has 0 spiro atoms. The van der Waals surface area contributed by atoms with Crippen LogP contribution in [0.15, 0.2) is 212 Å². The minimum atomic E-state index is -3.28. The second kappa shape index (κ2) is 27.7. The van der Waals surface area contributed by atoms with E-state index in [1.807, 2.05) is 140 Å². The van der Waals surface area contributed by atoms with E-state index in [4.69, 9.17) is 32.8 Å². The second-order valence-electron chi connectivity index (χ2n) is 20.2. The van der Waals surface area contributed by atoms with Crippen LogP contribution in [-0.2, 0) is 80.3 Å². The molecule has 13 nitrogen and oxygen atoms in total. The average Bonchev–Trinajstić information content (AvgIpc) is 3.57. The molecule has 78 heavy (non-hydrogen) atoms.